The first kappa shape index (κ1) is 14.5. The summed E-state index contributed by atoms with van der Waals surface area (Å²) in [7, 11) is 0. The molecule has 0 nitrogen and oxygen atoms in total. The first-order chi connectivity index (χ1) is 8.40. The fourth-order valence-electron chi connectivity index (χ4n) is 2.20. The van der Waals surface area contributed by atoms with Gasteiger partial charge >= 0.3 is 0 Å². The molecule has 0 amide bonds. The SMILES string of the molecule is C=C(C)CC(C)CC(=C)c1ccc(C(=C)C)cc1. The van der Waals surface area contributed by atoms with E-state index in [9.17, 15) is 0 Å². The van der Waals surface area contributed by atoms with E-state index in [0.717, 1.165) is 18.4 Å². The summed E-state index contributed by atoms with van der Waals surface area (Å²) >= 11 is 0. The van der Waals surface area contributed by atoms with Gasteiger partial charge in [0.05, 0.1) is 0 Å². The Morgan fingerprint density at radius 3 is 1.89 bits per heavy atom. The molecule has 96 valence electrons. The summed E-state index contributed by atoms with van der Waals surface area (Å²) in [4.78, 5) is 0. The molecule has 1 rings (SSSR count). The van der Waals surface area contributed by atoms with Crippen LogP contribution in [0.15, 0.2) is 49.6 Å². The molecule has 1 unspecified atom stereocenters. The Labute approximate surface area is 112 Å². The Hall–Kier alpha value is -1.56. The molecule has 0 spiro atoms. The van der Waals surface area contributed by atoms with Gasteiger partial charge < -0.3 is 0 Å². The topological polar surface area (TPSA) is 0 Å². The van der Waals surface area contributed by atoms with E-state index in [-0.39, 0.29) is 0 Å². The second-order valence-corrected chi connectivity index (χ2v) is 5.43. The smallest absolute Gasteiger partial charge is 0.0230 e. The molecule has 0 saturated heterocycles. The molecule has 0 N–H and O–H groups in total. The third-order valence-electron chi connectivity index (χ3n) is 3.08. The van der Waals surface area contributed by atoms with Crippen molar-refractivity contribution in [2.75, 3.05) is 0 Å². The average molecular weight is 240 g/mol. The van der Waals surface area contributed by atoms with E-state index in [2.05, 4.69) is 57.8 Å². The second kappa shape index (κ2) is 6.39. The Balaban J connectivity index is 2.67. The molecule has 0 aliphatic carbocycles. The van der Waals surface area contributed by atoms with Crippen molar-refractivity contribution in [1.82, 2.24) is 0 Å². The first-order valence-electron chi connectivity index (χ1n) is 6.48. The van der Waals surface area contributed by atoms with Crippen molar-refractivity contribution in [2.45, 2.75) is 33.6 Å². The molecule has 0 saturated carbocycles. The third-order valence-corrected chi connectivity index (χ3v) is 3.08. The van der Waals surface area contributed by atoms with Crippen LogP contribution < -0.4 is 0 Å². The third kappa shape index (κ3) is 4.37. The minimum absolute atomic E-state index is 0.607. The van der Waals surface area contributed by atoms with Gasteiger partial charge in [0.15, 0.2) is 0 Å². The van der Waals surface area contributed by atoms with Crippen LogP contribution in [0.5, 0.6) is 0 Å². The quantitative estimate of drug-likeness (QED) is 0.557. The van der Waals surface area contributed by atoms with Crippen LogP contribution in [0.2, 0.25) is 0 Å². The lowest BCUT2D eigenvalue weighted by Crippen LogP contribution is -1.97. The maximum absolute atomic E-state index is 4.19. The largest absolute Gasteiger partial charge is 0.100 e. The molecule has 0 bridgehead atoms. The first-order valence-corrected chi connectivity index (χ1v) is 6.48. The molecule has 1 aromatic carbocycles. The van der Waals surface area contributed by atoms with Crippen LogP contribution in [0.4, 0.5) is 0 Å². The van der Waals surface area contributed by atoms with Gasteiger partial charge in [0.25, 0.3) is 0 Å². The molecule has 0 radical (unpaired) electrons. The summed E-state index contributed by atoms with van der Waals surface area (Å²) in [5.41, 5.74) is 5.97. The van der Waals surface area contributed by atoms with Gasteiger partial charge in [-0.05, 0) is 49.3 Å². The summed E-state index contributed by atoms with van der Waals surface area (Å²) in [6.45, 7) is 18.5. The van der Waals surface area contributed by atoms with Gasteiger partial charge in [-0.15, -0.1) is 6.58 Å². The molecule has 1 atom stereocenters. The van der Waals surface area contributed by atoms with Crippen molar-refractivity contribution in [2.24, 2.45) is 5.92 Å². The van der Waals surface area contributed by atoms with Gasteiger partial charge in [0, 0.05) is 0 Å². The van der Waals surface area contributed by atoms with E-state index in [1.165, 1.54) is 22.3 Å². The molecule has 0 aliphatic rings. The number of rotatable bonds is 6. The normalized spacial score (nSPS) is 11.9. The van der Waals surface area contributed by atoms with Gasteiger partial charge in [-0.25, -0.2) is 0 Å². The van der Waals surface area contributed by atoms with Crippen LogP contribution in [0.1, 0.15) is 44.7 Å². The van der Waals surface area contributed by atoms with E-state index >= 15 is 0 Å². The molecule has 1 aromatic rings. The highest BCUT2D eigenvalue weighted by Crippen LogP contribution is 2.25. The van der Waals surface area contributed by atoms with Crippen molar-refractivity contribution in [3.63, 3.8) is 0 Å². The molecule has 0 heterocycles. The number of hydrogen-bond acceptors (Lipinski definition) is 0. The summed E-state index contributed by atoms with van der Waals surface area (Å²) < 4.78 is 0. The Morgan fingerprint density at radius 1 is 0.944 bits per heavy atom. The molecule has 0 aromatic heterocycles. The predicted octanol–water partition coefficient (Wildman–Crippen LogP) is 5.73. The van der Waals surface area contributed by atoms with Gasteiger partial charge in [-0.1, -0.05) is 55.5 Å². The van der Waals surface area contributed by atoms with Gasteiger partial charge in [-0.2, -0.15) is 0 Å². The summed E-state index contributed by atoms with van der Waals surface area (Å²) in [5, 5.41) is 0. The maximum atomic E-state index is 4.19. The van der Waals surface area contributed by atoms with Crippen LogP contribution >= 0.6 is 0 Å². The molecule has 0 fully saturated rings. The Morgan fingerprint density at radius 2 is 1.44 bits per heavy atom. The highest BCUT2D eigenvalue weighted by Gasteiger charge is 2.06. The zero-order valence-corrected chi connectivity index (χ0v) is 11.9. The van der Waals surface area contributed by atoms with Crippen molar-refractivity contribution in [3.8, 4) is 0 Å². The minimum atomic E-state index is 0.607. The standard InChI is InChI=1S/C18H24/c1-13(2)11-15(5)12-16(6)18-9-7-17(8-10-18)14(3)4/h7-10,15H,1,3,6,11-12H2,2,4-5H3. The highest BCUT2D eigenvalue weighted by molar-refractivity contribution is 5.67. The van der Waals surface area contributed by atoms with E-state index in [4.69, 9.17) is 0 Å². The van der Waals surface area contributed by atoms with Crippen LogP contribution in [0.3, 0.4) is 0 Å². The maximum Gasteiger partial charge on any atom is -0.0230 e. The second-order valence-electron chi connectivity index (χ2n) is 5.43. The summed E-state index contributed by atoms with van der Waals surface area (Å²) in [5.74, 6) is 0.607. The lowest BCUT2D eigenvalue weighted by molar-refractivity contribution is 0.595. The lowest BCUT2D eigenvalue weighted by atomic mass is 9.92. The molecule has 0 aliphatic heterocycles. The van der Waals surface area contributed by atoms with Crippen LogP contribution in [-0.2, 0) is 0 Å². The predicted molar refractivity (Wildman–Crippen MR) is 83.4 cm³/mol. The number of allylic oxidation sites excluding steroid dienone is 3. The fourth-order valence-corrected chi connectivity index (χ4v) is 2.20. The molecule has 18 heavy (non-hydrogen) atoms. The lowest BCUT2D eigenvalue weighted by Gasteiger charge is -2.14. The van der Waals surface area contributed by atoms with Crippen molar-refractivity contribution < 1.29 is 0 Å². The van der Waals surface area contributed by atoms with Crippen LogP contribution in [0, 0.1) is 5.92 Å². The minimum Gasteiger partial charge on any atom is -0.100 e. The summed E-state index contributed by atoms with van der Waals surface area (Å²) in [6, 6.07) is 8.51. The van der Waals surface area contributed by atoms with Gasteiger partial charge in [-0.3, -0.25) is 0 Å². The zero-order chi connectivity index (χ0) is 13.7. The molecular weight excluding hydrogens is 216 g/mol. The summed E-state index contributed by atoms with van der Waals surface area (Å²) in [6.07, 6.45) is 2.10. The van der Waals surface area contributed by atoms with Gasteiger partial charge in [0.2, 0.25) is 0 Å². The van der Waals surface area contributed by atoms with E-state index in [1.807, 2.05) is 6.92 Å². The van der Waals surface area contributed by atoms with Crippen LogP contribution in [-0.4, -0.2) is 0 Å². The number of hydrogen-bond donors (Lipinski definition) is 0. The Bertz CT molecular complexity index is 445. The van der Waals surface area contributed by atoms with Crippen molar-refractivity contribution in [3.05, 3.63) is 60.7 Å². The van der Waals surface area contributed by atoms with Gasteiger partial charge in [0.1, 0.15) is 0 Å². The zero-order valence-electron chi connectivity index (χ0n) is 11.9. The highest BCUT2D eigenvalue weighted by atomic mass is 14.1. The average Bonchev–Trinajstić information content (AvgIpc) is 2.27. The Kier molecular flexibility index (Phi) is 5.15. The molecule has 0 heteroatoms. The number of benzene rings is 1. The van der Waals surface area contributed by atoms with E-state index in [1.54, 1.807) is 0 Å². The van der Waals surface area contributed by atoms with E-state index < -0.39 is 0 Å². The fraction of sp³-hybridized carbons (Fsp3) is 0.333. The monoisotopic (exact) mass is 240 g/mol. The van der Waals surface area contributed by atoms with Crippen LogP contribution in [0.25, 0.3) is 11.1 Å². The molecular formula is C18H24. The van der Waals surface area contributed by atoms with Crippen molar-refractivity contribution >= 4 is 11.1 Å². The van der Waals surface area contributed by atoms with E-state index in [0.29, 0.717) is 5.92 Å². The van der Waals surface area contributed by atoms with Crippen molar-refractivity contribution in [1.29, 1.82) is 0 Å².